The van der Waals surface area contributed by atoms with Crippen molar-refractivity contribution in [2.75, 3.05) is 26.7 Å². The average molecular weight is 276 g/mol. The van der Waals surface area contributed by atoms with Crippen LogP contribution in [0.4, 0.5) is 0 Å². The van der Waals surface area contributed by atoms with E-state index < -0.39 is 5.97 Å². The molecule has 2 rings (SSSR count). The van der Waals surface area contributed by atoms with E-state index in [0.717, 1.165) is 25.9 Å². The second kappa shape index (κ2) is 6.52. The molecule has 1 fully saturated rings. The van der Waals surface area contributed by atoms with Gasteiger partial charge in [0.2, 0.25) is 0 Å². The molecule has 2 N–H and O–H groups in total. The lowest BCUT2D eigenvalue weighted by molar-refractivity contribution is 0.0690. The maximum Gasteiger partial charge on any atom is 0.336 e. The Morgan fingerprint density at radius 3 is 2.70 bits per heavy atom. The standard InChI is InChI=1S/C15H20N2O3/c1-17-8-4-5-11(10-17)9-16-14(18)12-6-2-3-7-13(12)15(19)20/h2-3,6-7,11H,4-5,8-10H2,1H3,(H,16,18)(H,19,20). The topological polar surface area (TPSA) is 69.6 Å². The number of amides is 1. The van der Waals surface area contributed by atoms with Crippen molar-refractivity contribution in [1.82, 2.24) is 10.2 Å². The summed E-state index contributed by atoms with van der Waals surface area (Å²) >= 11 is 0. The van der Waals surface area contributed by atoms with Gasteiger partial charge in [-0.3, -0.25) is 4.79 Å². The molecule has 0 bridgehead atoms. The van der Waals surface area contributed by atoms with Crippen LogP contribution >= 0.6 is 0 Å². The Bertz CT molecular complexity index is 502. The minimum absolute atomic E-state index is 0.0470. The van der Waals surface area contributed by atoms with Gasteiger partial charge < -0.3 is 15.3 Å². The number of aromatic carboxylic acids is 1. The van der Waals surface area contributed by atoms with Gasteiger partial charge in [0.05, 0.1) is 11.1 Å². The summed E-state index contributed by atoms with van der Waals surface area (Å²) < 4.78 is 0. The van der Waals surface area contributed by atoms with Crippen LogP contribution in [0.25, 0.3) is 0 Å². The maximum absolute atomic E-state index is 12.1. The van der Waals surface area contributed by atoms with Crippen molar-refractivity contribution in [3.63, 3.8) is 0 Å². The summed E-state index contributed by atoms with van der Waals surface area (Å²) in [6, 6.07) is 6.30. The molecular weight excluding hydrogens is 256 g/mol. The highest BCUT2D eigenvalue weighted by Gasteiger charge is 2.20. The van der Waals surface area contributed by atoms with Crippen LogP contribution in [0, 0.1) is 5.92 Å². The molecule has 1 aromatic carbocycles. The molecule has 0 radical (unpaired) electrons. The summed E-state index contributed by atoms with van der Waals surface area (Å²) in [5.74, 6) is -0.945. The molecule has 20 heavy (non-hydrogen) atoms. The minimum atomic E-state index is -1.08. The lowest BCUT2D eigenvalue weighted by Crippen LogP contribution is -2.39. The van der Waals surface area contributed by atoms with E-state index in [-0.39, 0.29) is 17.0 Å². The SMILES string of the molecule is CN1CCCC(CNC(=O)c2ccccc2C(=O)O)C1. The predicted molar refractivity (Wildman–Crippen MR) is 76.0 cm³/mol. The van der Waals surface area contributed by atoms with Gasteiger partial charge in [-0.05, 0) is 44.5 Å². The Morgan fingerprint density at radius 1 is 1.35 bits per heavy atom. The minimum Gasteiger partial charge on any atom is -0.478 e. The highest BCUT2D eigenvalue weighted by molar-refractivity contribution is 6.04. The molecule has 0 aromatic heterocycles. The van der Waals surface area contributed by atoms with E-state index in [1.165, 1.54) is 6.07 Å². The van der Waals surface area contributed by atoms with Gasteiger partial charge in [-0.1, -0.05) is 12.1 Å². The van der Waals surface area contributed by atoms with Gasteiger partial charge in [0.25, 0.3) is 5.91 Å². The maximum atomic E-state index is 12.1. The molecule has 108 valence electrons. The summed E-state index contributed by atoms with van der Waals surface area (Å²) in [5, 5.41) is 11.9. The number of benzene rings is 1. The molecule has 1 unspecified atom stereocenters. The lowest BCUT2D eigenvalue weighted by Gasteiger charge is -2.29. The van der Waals surface area contributed by atoms with E-state index in [9.17, 15) is 9.59 Å². The Labute approximate surface area is 118 Å². The first-order chi connectivity index (χ1) is 9.58. The van der Waals surface area contributed by atoms with Crippen molar-refractivity contribution in [2.24, 2.45) is 5.92 Å². The fraction of sp³-hybridized carbons (Fsp3) is 0.467. The zero-order chi connectivity index (χ0) is 14.5. The van der Waals surface area contributed by atoms with E-state index in [0.29, 0.717) is 12.5 Å². The van der Waals surface area contributed by atoms with E-state index in [1.54, 1.807) is 18.2 Å². The molecular formula is C15H20N2O3. The number of carboxylic acid groups (broad SMARTS) is 1. The third-order valence-corrected chi connectivity index (χ3v) is 3.68. The number of nitrogens with one attached hydrogen (secondary N) is 1. The fourth-order valence-corrected chi connectivity index (χ4v) is 2.64. The monoisotopic (exact) mass is 276 g/mol. The third kappa shape index (κ3) is 3.57. The van der Waals surface area contributed by atoms with Crippen LogP contribution in [0.2, 0.25) is 0 Å². The zero-order valence-electron chi connectivity index (χ0n) is 11.6. The van der Waals surface area contributed by atoms with Crippen LogP contribution in [-0.4, -0.2) is 48.6 Å². The normalized spacial score (nSPS) is 19.6. The molecule has 5 nitrogen and oxygen atoms in total. The van der Waals surface area contributed by atoms with Crippen molar-refractivity contribution < 1.29 is 14.7 Å². The van der Waals surface area contributed by atoms with E-state index in [4.69, 9.17) is 5.11 Å². The number of piperidine rings is 1. The molecule has 1 atom stereocenters. The fourth-order valence-electron chi connectivity index (χ4n) is 2.64. The summed E-state index contributed by atoms with van der Waals surface area (Å²) in [7, 11) is 2.08. The van der Waals surface area contributed by atoms with Gasteiger partial charge in [0.1, 0.15) is 0 Å². The van der Waals surface area contributed by atoms with Crippen molar-refractivity contribution in [2.45, 2.75) is 12.8 Å². The molecule has 1 amide bonds. The predicted octanol–water partition coefficient (Wildman–Crippen LogP) is 1.46. The van der Waals surface area contributed by atoms with Crippen LogP contribution in [0.15, 0.2) is 24.3 Å². The number of carbonyl (C=O) groups excluding carboxylic acids is 1. The number of carboxylic acids is 1. The number of likely N-dealkylation sites (tertiary alicyclic amines) is 1. The van der Waals surface area contributed by atoms with Gasteiger partial charge in [0, 0.05) is 13.1 Å². The Kier molecular flexibility index (Phi) is 4.74. The van der Waals surface area contributed by atoms with Gasteiger partial charge >= 0.3 is 5.97 Å². The van der Waals surface area contributed by atoms with Crippen molar-refractivity contribution in [1.29, 1.82) is 0 Å². The smallest absolute Gasteiger partial charge is 0.336 e. The van der Waals surface area contributed by atoms with Crippen molar-refractivity contribution in [3.05, 3.63) is 35.4 Å². The number of hydrogen-bond donors (Lipinski definition) is 2. The molecule has 0 aliphatic carbocycles. The third-order valence-electron chi connectivity index (χ3n) is 3.68. The summed E-state index contributed by atoms with van der Waals surface area (Å²) in [6.45, 7) is 2.67. The van der Waals surface area contributed by atoms with Gasteiger partial charge in [-0.15, -0.1) is 0 Å². The quantitative estimate of drug-likeness (QED) is 0.873. The molecule has 1 aliphatic rings. The Hall–Kier alpha value is -1.88. The Morgan fingerprint density at radius 2 is 2.05 bits per heavy atom. The molecule has 1 heterocycles. The van der Waals surface area contributed by atoms with Crippen LogP contribution in [-0.2, 0) is 0 Å². The summed E-state index contributed by atoms with van der Waals surface area (Å²) in [5.41, 5.74) is 0.273. The zero-order valence-corrected chi connectivity index (χ0v) is 11.6. The summed E-state index contributed by atoms with van der Waals surface area (Å²) in [6.07, 6.45) is 2.24. The first-order valence-corrected chi connectivity index (χ1v) is 6.87. The van der Waals surface area contributed by atoms with E-state index in [1.807, 2.05) is 0 Å². The van der Waals surface area contributed by atoms with Crippen LogP contribution in [0.5, 0.6) is 0 Å². The number of rotatable bonds is 4. The lowest BCUT2D eigenvalue weighted by atomic mass is 9.98. The van der Waals surface area contributed by atoms with Crippen LogP contribution < -0.4 is 5.32 Å². The number of nitrogens with zero attached hydrogens (tertiary/aromatic N) is 1. The van der Waals surface area contributed by atoms with Crippen molar-refractivity contribution in [3.8, 4) is 0 Å². The highest BCUT2D eigenvalue weighted by Crippen LogP contribution is 2.14. The molecule has 1 aliphatic heterocycles. The van der Waals surface area contributed by atoms with Crippen LogP contribution in [0.1, 0.15) is 33.6 Å². The molecule has 0 saturated carbocycles. The Balaban J connectivity index is 1.97. The second-order valence-electron chi connectivity index (χ2n) is 5.33. The van der Waals surface area contributed by atoms with Gasteiger partial charge in [-0.25, -0.2) is 4.79 Å². The molecule has 1 aromatic rings. The summed E-state index contributed by atoms with van der Waals surface area (Å²) in [4.78, 5) is 25.5. The van der Waals surface area contributed by atoms with Crippen LogP contribution in [0.3, 0.4) is 0 Å². The molecule has 1 saturated heterocycles. The largest absolute Gasteiger partial charge is 0.478 e. The van der Waals surface area contributed by atoms with Crippen molar-refractivity contribution >= 4 is 11.9 Å². The van der Waals surface area contributed by atoms with Gasteiger partial charge in [-0.2, -0.15) is 0 Å². The van der Waals surface area contributed by atoms with E-state index in [2.05, 4.69) is 17.3 Å². The highest BCUT2D eigenvalue weighted by atomic mass is 16.4. The average Bonchev–Trinajstić information content (AvgIpc) is 2.45. The first-order valence-electron chi connectivity index (χ1n) is 6.87. The van der Waals surface area contributed by atoms with Gasteiger partial charge in [0.15, 0.2) is 0 Å². The molecule has 5 heteroatoms. The first kappa shape index (κ1) is 14.5. The van der Waals surface area contributed by atoms with E-state index >= 15 is 0 Å². The number of hydrogen-bond acceptors (Lipinski definition) is 3. The second-order valence-corrected chi connectivity index (χ2v) is 5.33. The molecule has 0 spiro atoms. The number of carbonyl (C=O) groups is 2.